The molecule has 0 aliphatic heterocycles. The van der Waals surface area contributed by atoms with E-state index in [0.717, 1.165) is 5.39 Å². The van der Waals surface area contributed by atoms with Crippen LogP contribution in [0.5, 0.6) is 11.5 Å². The van der Waals surface area contributed by atoms with Gasteiger partial charge in [-0.1, -0.05) is 0 Å². The first-order chi connectivity index (χ1) is 12.5. The first-order valence-corrected chi connectivity index (χ1v) is 7.63. The van der Waals surface area contributed by atoms with Gasteiger partial charge in [0.05, 0.1) is 30.9 Å². The highest BCUT2D eigenvalue weighted by Gasteiger charge is 2.13. The third-order valence-corrected chi connectivity index (χ3v) is 3.80. The van der Waals surface area contributed by atoms with E-state index in [0.29, 0.717) is 22.7 Å². The van der Waals surface area contributed by atoms with E-state index in [-0.39, 0.29) is 18.1 Å². The predicted octanol–water partition coefficient (Wildman–Crippen LogP) is 2.60. The monoisotopic (exact) mass is 356 g/mol. The minimum absolute atomic E-state index is 0.0560. The third-order valence-electron chi connectivity index (χ3n) is 3.80. The summed E-state index contributed by atoms with van der Waals surface area (Å²) in [5, 5.41) is 18.5. The summed E-state index contributed by atoms with van der Waals surface area (Å²) in [5.41, 5.74) is 0.997. The third kappa shape index (κ3) is 3.41. The van der Waals surface area contributed by atoms with E-state index in [4.69, 9.17) is 9.47 Å². The summed E-state index contributed by atoms with van der Waals surface area (Å²) in [4.78, 5) is 22.8. The zero-order valence-corrected chi connectivity index (χ0v) is 14.1. The summed E-state index contributed by atoms with van der Waals surface area (Å²) in [5.74, 6) is 0.718. The van der Waals surface area contributed by atoms with Crippen LogP contribution in [0.4, 0.5) is 11.4 Å². The number of fused-ring (bicyclic) bond motifs is 1. The second-order valence-corrected chi connectivity index (χ2v) is 5.42. The van der Waals surface area contributed by atoms with Crippen molar-refractivity contribution in [3.63, 3.8) is 0 Å². The second kappa shape index (κ2) is 7.09. The Morgan fingerprint density at radius 1 is 1.19 bits per heavy atom. The molecule has 0 atom stereocenters. The fourth-order valence-corrected chi connectivity index (χ4v) is 2.55. The van der Waals surface area contributed by atoms with Crippen molar-refractivity contribution >= 4 is 28.2 Å². The molecule has 1 N–H and O–H groups in total. The van der Waals surface area contributed by atoms with Crippen molar-refractivity contribution in [2.75, 3.05) is 19.5 Å². The van der Waals surface area contributed by atoms with Gasteiger partial charge in [-0.3, -0.25) is 19.6 Å². The zero-order valence-electron chi connectivity index (χ0n) is 14.1. The molecule has 0 saturated heterocycles. The lowest BCUT2D eigenvalue weighted by Crippen LogP contribution is -2.19. The van der Waals surface area contributed by atoms with Crippen LogP contribution < -0.4 is 14.8 Å². The Labute approximate surface area is 148 Å². The molecule has 1 amide bonds. The predicted molar refractivity (Wildman–Crippen MR) is 94.6 cm³/mol. The van der Waals surface area contributed by atoms with Crippen LogP contribution in [0.15, 0.2) is 42.6 Å². The van der Waals surface area contributed by atoms with Gasteiger partial charge < -0.3 is 14.8 Å². The molecule has 9 nitrogen and oxygen atoms in total. The molecule has 26 heavy (non-hydrogen) atoms. The van der Waals surface area contributed by atoms with E-state index in [1.165, 1.54) is 31.0 Å². The molecule has 0 unspecified atom stereocenters. The molecule has 134 valence electrons. The summed E-state index contributed by atoms with van der Waals surface area (Å²) in [6.45, 7) is -0.0843. The molecule has 0 aliphatic rings. The first kappa shape index (κ1) is 17.2. The molecular formula is C17H16N4O5. The molecule has 0 bridgehead atoms. The van der Waals surface area contributed by atoms with Crippen LogP contribution in [0, 0.1) is 10.1 Å². The summed E-state index contributed by atoms with van der Waals surface area (Å²) in [7, 11) is 3.03. The number of hydrogen-bond donors (Lipinski definition) is 1. The van der Waals surface area contributed by atoms with E-state index < -0.39 is 4.92 Å². The van der Waals surface area contributed by atoms with Crippen LogP contribution in [0.25, 0.3) is 10.9 Å². The van der Waals surface area contributed by atoms with Gasteiger partial charge in [-0.15, -0.1) is 0 Å². The number of carbonyl (C=O) groups excluding carboxylic acids is 1. The normalized spacial score (nSPS) is 10.5. The number of benzene rings is 2. The molecule has 0 fully saturated rings. The van der Waals surface area contributed by atoms with Crippen LogP contribution in [0.2, 0.25) is 0 Å². The molecule has 1 heterocycles. The summed E-state index contributed by atoms with van der Waals surface area (Å²) >= 11 is 0. The van der Waals surface area contributed by atoms with Gasteiger partial charge in [0, 0.05) is 29.3 Å². The minimum atomic E-state index is -0.486. The maximum atomic E-state index is 12.3. The van der Waals surface area contributed by atoms with Crippen LogP contribution in [-0.2, 0) is 11.3 Å². The number of anilines is 1. The molecular weight excluding hydrogens is 340 g/mol. The number of methoxy groups -OCH3 is 2. The van der Waals surface area contributed by atoms with Gasteiger partial charge in [-0.05, 0) is 18.2 Å². The largest absolute Gasteiger partial charge is 0.493 e. The van der Waals surface area contributed by atoms with E-state index >= 15 is 0 Å². The maximum absolute atomic E-state index is 12.3. The number of nitrogens with zero attached hydrogens (tertiary/aromatic N) is 3. The van der Waals surface area contributed by atoms with Crippen molar-refractivity contribution in [1.82, 2.24) is 9.78 Å². The number of nitrogens with one attached hydrogen (secondary N) is 1. The highest BCUT2D eigenvalue weighted by molar-refractivity contribution is 5.92. The fourth-order valence-electron chi connectivity index (χ4n) is 2.55. The zero-order chi connectivity index (χ0) is 18.7. The lowest BCUT2D eigenvalue weighted by Gasteiger charge is -2.11. The SMILES string of the molecule is COc1ccc(NC(=O)Cn2ncc3ccc([N+](=O)[O-])cc32)cc1OC. The van der Waals surface area contributed by atoms with Crippen molar-refractivity contribution in [2.45, 2.75) is 6.54 Å². The number of carbonyl (C=O) groups is 1. The van der Waals surface area contributed by atoms with Crippen molar-refractivity contribution in [1.29, 1.82) is 0 Å². The Balaban J connectivity index is 1.79. The smallest absolute Gasteiger partial charge is 0.271 e. The van der Waals surface area contributed by atoms with Gasteiger partial charge in [0.2, 0.25) is 5.91 Å². The van der Waals surface area contributed by atoms with Gasteiger partial charge in [-0.25, -0.2) is 0 Å². The molecule has 2 aromatic carbocycles. The highest BCUT2D eigenvalue weighted by atomic mass is 16.6. The highest BCUT2D eigenvalue weighted by Crippen LogP contribution is 2.29. The van der Waals surface area contributed by atoms with E-state index in [1.54, 1.807) is 30.5 Å². The Bertz CT molecular complexity index is 982. The summed E-state index contributed by atoms with van der Waals surface area (Å²) in [6.07, 6.45) is 1.56. The molecule has 3 rings (SSSR count). The van der Waals surface area contributed by atoms with Crippen molar-refractivity contribution in [2.24, 2.45) is 0 Å². The van der Waals surface area contributed by atoms with Gasteiger partial charge in [0.25, 0.3) is 5.69 Å². The molecule has 0 radical (unpaired) electrons. The Hall–Kier alpha value is -3.62. The number of hydrogen-bond acceptors (Lipinski definition) is 6. The number of rotatable bonds is 6. The molecule has 1 aromatic heterocycles. The standard InChI is InChI=1S/C17H16N4O5/c1-25-15-6-4-12(7-16(15)26-2)19-17(22)10-20-14-8-13(21(23)24)5-3-11(14)9-18-20/h3-9H,10H2,1-2H3,(H,19,22). The van der Waals surface area contributed by atoms with Gasteiger partial charge in [0.15, 0.2) is 11.5 Å². The number of aromatic nitrogens is 2. The number of amides is 1. The van der Waals surface area contributed by atoms with Crippen molar-refractivity contribution < 1.29 is 19.2 Å². The number of non-ortho nitro benzene ring substituents is 1. The van der Waals surface area contributed by atoms with Gasteiger partial charge in [0.1, 0.15) is 6.54 Å². The average molecular weight is 356 g/mol. The van der Waals surface area contributed by atoms with Crippen LogP contribution in [-0.4, -0.2) is 34.8 Å². The molecule has 9 heteroatoms. The van der Waals surface area contributed by atoms with E-state index in [9.17, 15) is 14.9 Å². The van der Waals surface area contributed by atoms with Gasteiger partial charge >= 0.3 is 0 Å². The lowest BCUT2D eigenvalue weighted by atomic mass is 10.2. The van der Waals surface area contributed by atoms with Crippen LogP contribution in [0.3, 0.4) is 0 Å². The Kier molecular flexibility index (Phi) is 4.70. The summed E-state index contributed by atoms with van der Waals surface area (Å²) in [6, 6.07) is 9.41. The minimum Gasteiger partial charge on any atom is -0.493 e. The molecule has 3 aromatic rings. The van der Waals surface area contributed by atoms with Crippen LogP contribution in [0.1, 0.15) is 0 Å². The number of nitro groups is 1. The molecule has 0 aliphatic carbocycles. The fraction of sp³-hybridized carbons (Fsp3) is 0.176. The van der Waals surface area contributed by atoms with Crippen LogP contribution >= 0.6 is 0 Å². The van der Waals surface area contributed by atoms with E-state index in [2.05, 4.69) is 10.4 Å². The lowest BCUT2D eigenvalue weighted by molar-refractivity contribution is -0.384. The summed E-state index contributed by atoms with van der Waals surface area (Å²) < 4.78 is 11.8. The van der Waals surface area contributed by atoms with Crippen molar-refractivity contribution in [3.05, 3.63) is 52.7 Å². The average Bonchev–Trinajstić information content (AvgIpc) is 3.03. The topological polar surface area (TPSA) is 109 Å². The van der Waals surface area contributed by atoms with Gasteiger partial charge in [-0.2, -0.15) is 5.10 Å². The quantitative estimate of drug-likeness (QED) is 0.537. The number of ether oxygens (including phenoxy) is 2. The van der Waals surface area contributed by atoms with E-state index in [1.807, 2.05) is 0 Å². The number of nitro benzene ring substituents is 1. The Morgan fingerprint density at radius 2 is 1.96 bits per heavy atom. The second-order valence-electron chi connectivity index (χ2n) is 5.42. The van der Waals surface area contributed by atoms with Crippen molar-refractivity contribution in [3.8, 4) is 11.5 Å². The Morgan fingerprint density at radius 3 is 2.65 bits per heavy atom. The maximum Gasteiger partial charge on any atom is 0.271 e. The molecule has 0 saturated carbocycles. The molecule has 0 spiro atoms. The first-order valence-electron chi connectivity index (χ1n) is 7.63.